The van der Waals surface area contributed by atoms with Gasteiger partial charge in [0.25, 0.3) is 0 Å². The monoisotopic (exact) mass is 349 g/mol. The molecule has 0 aliphatic carbocycles. The fraction of sp³-hybridized carbons (Fsp3) is 0.118. The molecule has 4 heterocycles. The van der Waals surface area contributed by atoms with Gasteiger partial charge in [-0.05, 0) is 18.2 Å². The number of H-pyrrole nitrogens is 1. The van der Waals surface area contributed by atoms with Crippen molar-refractivity contribution in [2.45, 2.75) is 0 Å². The zero-order valence-corrected chi connectivity index (χ0v) is 14.1. The number of aryl methyl sites for hydroxylation is 1. The molecule has 4 aromatic rings. The van der Waals surface area contributed by atoms with Crippen molar-refractivity contribution in [2.24, 2.45) is 7.05 Å². The fourth-order valence-electron chi connectivity index (χ4n) is 2.71. The quantitative estimate of drug-likeness (QED) is 0.540. The number of anilines is 1. The topological polar surface area (TPSA) is 125 Å². The number of carbonyl (C=O) groups excluding carboxylic acids is 1. The number of nitrogens with zero attached hydrogens (tertiary/aromatic N) is 5. The Balaban J connectivity index is 1.85. The highest BCUT2D eigenvalue weighted by molar-refractivity contribution is 6.07. The van der Waals surface area contributed by atoms with Crippen LogP contribution in [0, 0.1) is 0 Å². The second-order valence-corrected chi connectivity index (χ2v) is 5.67. The van der Waals surface area contributed by atoms with Crippen LogP contribution in [-0.2, 0) is 11.8 Å². The molecular weight excluding hydrogens is 334 g/mol. The number of ether oxygens (including phenoxy) is 1. The molecule has 4 aromatic heterocycles. The minimum absolute atomic E-state index is 0.293. The summed E-state index contributed by atoms with van der Waals surface area (Å²) < 4.78 is 6.42. The van der Waals surface area contributed by atoms with Crippen LogP contribution in [0.1, 0.15) is 10.4 Å². The third-order valence-corrected chi connectivity index (χ3v) is 3.96. The number of hydrogen-bond acceptors (Lipinski definition) is 7. The van der Waals surface area contributed by atoms with Crippen LogP contribution < -0.4 is 5.73 Å². The molecule has 0 spiro atoms. The van der Waals surface area contributed by atoms with E-state index in [4.69, 9.17) is 10.5 Å². The summed E-state index contributed by atoms with van der Waals surface area (Å²) in [5.41, 5.74) is 8.84. The average molecular weight is 349 g/mol. The predicted octanol–water partition coefficient (Wildman–Crippen LogP) is 1.79. The third-order valence-electron chi connectivity index (χ3n) is 3.96. The van der Waals surface area contributed by atoms with Crippen molar-refractivity contribution in [2.75, 3.05) is 12.8 Å². The Bertz CT molecular complexity index is 1130. The second-order valence-electron chi connectivity index (χ2n) is 5.67. The van der Waals surface area contributed by atoms with Gasteiger partial charge in [-0.3, -0.25) is 4.68 Å². The summed E-state index contributed by atoms with van der Waals surface area (Å²) in [6.45, 7) is 0. The highest BCUT2D eigenvalue weighted by atomic mass is 16.5. The van der Waals surface area contributed by atoms with E-state index in [0.29, 0.717) is 45.2 Å². The van der Waals surface area contributed by atoms with Crippen LogP contribution in [0.25, 0.3) is 33.8 Å². The number of methoxy groups -OCH3 is 1. The van der Waals surface area contributed by atoms with Crippen LogP contribution in [0.5, 0.6) is 0 Å². The Labute approximate surface area is 147 Å². The molecular formula is C17H15N7O2. The highest BCUT2D eigenvalue weighted by Gasteiger charge is 2.17. The lowest BCUT2D eigenvalue weighted by atomic mass is 10.1. The molecule has 130 valence electrons. The van der Waals surface area contributed by atoms with Crippen molar-refractivity contribution in [3.63, 3.8) is 0 Å². The van der Waals surface area contributed by atoms with Gasteiger partial charge in [0.15, 0.2) is 5.82 Å². The number of rotatable bonds is 3. The second kappa shape index (κ2) is 5.96. The first-order valence-electron chi connectivity index (χ1n) is 7.76. The minimum Gasteiger partial charge on any atom is -0.465 e. The molecule has 0 atom stereocenters. The van der Waals surface area contributed by atoms with Gasteiger partial charge in [-0.15, -0.1) is 5.10 Å². The number of aromatic amines is 1. The molecule has 0 unspecified atom stereocenters. The molecule has 0 aromatic carbocycles. The molecule has 3 N–H and O–H groups in total. The van der Waals surface area contributed by atoms with Gasteiger partial charge in [0.05, 0.1) is 29.6 Å². The SMILES string of the molecule is COC(=O)c1cnc(N)c2[nH]c(-c3cccc(-c4ncn(C)n4)n3)cc12. The fourth-order valence-corrected chi connectivity index (χ4v) is 2.71. The van der Waals surface area contributed by atoms with Crippen LogP contribution in [0.2, 0.25) is 0 Å². The van der Waals surface area contributed by atoms with Crippen molar-refractivity contribution < 1.29 is 9.53 Å². The maximum Gasteiger partial charge on any atom is 0.340 e. The van der Waals surface area contributed by atoms with Gasteiger partial charge in [0.2, 0.25) is 0 Å². The van der Waals surface area contributed by atoms with Crippen molar-refractivity contribution in [1.29, 1.82) is 0 Å². The van der Waals surface area contributed by atoms with E-state index < -0.39 is 5.97 Å². The first-order valence-corrected chi connectivity index (χ1v) is 7.76. The van der Waals surface area contributed by atoms with Crippen molar-refractivity contribution in [3.8, 4) is 22.9 Å². The molecule has 0 bridgehead atoms. The van der Waals surface area contributed by atoms with Crippen molar-refractivity contribution in [3.05, 3.63) is 42.4 Å². The number of nitrogen functional groups attached to an aromatic ring is 1. The van der Waals surface area contributed by atoms with Crippen molar-refractivity contribution in [1.82, 2.24) is 29.7 Å². The van der Waals surface area contributed by atoms with Crippen molar-refractivity contribution >= 4 is 22.7 Å². The van der Waals surface area contributed by atoms with E-state index in [1.165, 1.54) is 13.3 Å². The number of aromatic nitrogens is 6. The van der Waals surface area contributed by atoms with Gasteiger partial charge in [0, 0.05) is 18.6 Å². The molecule has 0 saturated carbocycles. The molecule has 26 heavy (non-hydrogen) atoms. The van der Waals surface area contributed by atoms with Gasteiger partial charge < -0.3 is 15.5 Å². The summed E-state index contributed by atoms with van der Waals surface area (Å²) in [5.74, 6) is 0.343. The van der Waals surface area contributed by atoms with Crippen LogP contribution in [0.15, 0.2) is 36.8 Å². The van der Waals surface area contributed by atoms with E-state index in [-0.39, 0.29) is 0 Å². The van der Waals surface area contributed by atoms with Gasteiger partial charge in [0.1, 0.15) is 17.8 Å². The number of esters is 1. The van der Waals surface area contributed by atoms with Crippen LogP contribution in [0.4, 0.5) is 5.82 Å². The smallest absolute Gasteiger partial charge is 0.340 e. The normalized spacial score (nSPS) is 11.0. The number of nitrogens with two attached hydrogens (primary N) is 1. The lowest BCUT2D eigenvalue weighted by molar-refractivity contribution is 0.0602. The lowest BCUT2D eigenvalue weighted by Gasteiger charge is -2.01. The summed E-state index contributed by atoms with van der Waals surface area (Å²) in [5, 5.41) is 4.89. The largest absolute Gasteiger partial charge is 0.465 e. The predicted molar refractivity (Wildman–Crippen MR) is 95.1 cm³/mol. The maximum absolute atomic E-state index is 12.0. The summed E-state index contributed by atoms with van der Waals surface area (Å²) in [7, 11) is 3.12. The number of nitrogens with one attached hydrogen (secondary N) is 1. The summed E-state index contributed by atoms with van der Waals surface area (Å²) in [6, 6.07) is 7.34. The van der Waals surface area contributed by atoms with E-state index in [1.807, 2.05) is 18.2 Å². The van der Waals surface area contributed by atoms with E-state index in [9.17, 15) is 4.79 Å². The summed E-state index contributed by atoms with van der Waals surface area (Å²) >= 11 is 0. The van der Waals surface area contributed by atoms with Gasteiger partial charge in [-0.25, -0.2) is 19.7 Å². The standard InChI is InChI=1S/C17H15N7O2/c1-24-8-20-16(23-24)12-5-3-4-11(21-12)13-6-9-10(17(25)26-2)7-19-15(18)14(9)22-13/h3-8,22H,1-2H3,(H2,18,19). The molecule has 0 radical (unpaired) electrons. The Morgan fingerprint density at radius 1 is 1.27 bits per heavy atom. The molecule has 0 aliphatic heterocycles. The van der Waals surface area contributed by atoms with Gasteiger partial charge in [-0.1, -0.05) is 6.07 Å². The molecule has 0 aliphatic rings. The van der Waals surface area contributed by atoms with E-state index in [0.717, 1.165) is 0 Å². The Kier molecular flexibility index (Phi) is 3.61. The number of hydrogen-bond donors (Lipinski definition) is 2. The van der Waals surface area contributed by atoms with Crippen LogP contribution in [0.3, 0.4) is 0 Å². The van der Waals surface area contributed by atoms with Crippen LogP contribution >= 0.6 is 0 Å². The molecule has 9 nitrogen and oxygen atoms in total. The van der Waals surface area contributed by atoms with Gasteiger partial charge >= 0.3 is 5.97 Å². The van der Waals surface area contributed by atoms with E-state index in [2.05, 4.69) is 25.0 Å². The lowest BCUT2D eigenvalue weighted by Crippen LogP contribution is -2.03. The van der Waals surface area contributed by atoms with E-state index in [1.54, 1.807) is 24.1 Å². The number of fused-ring (bicyclic) bond motifs is 1. The highest BCUT2D eigenvalue weighted by Crippen LogP contribution is 2.29. The Morgan fingerprint density at radius 3 is 2.81 bits per heavy atom. The number of pyridine rings is 2. The first-order chi connectivity index (χ1) is 12.6. The summed E-state index contributed by atoms with van der Waals surface area (Å²) in [6.07, 6.45) is 3.02. The van der Waals surface area contributed by atoms with E-state index >= 15 is 0 Å². The maximum atomic E-state index is 12.0. The Hall–Kier alpha value is -3.75. The number of carbonyl (C=O) groups is 1. The Morgan fingerprint density at radius 2 is 2.08 bits per heavy atom. The molecule has 9 heteroatoms. The average Bonchev–Trinajstić information content (AvgIpc) is 3.29. The van der Waals surface area contributed by atoms with Gasteiger partial charge in [-0.2, -0.15) is 0 Å². The van der Waals surface area contributed by atoms with Crippen LogP contribution in [-0.4, -0.2) is 42.8 Å². The first kappa shape index (κ1) is 15.8. The molecule has 4 rings (SSSR count). The molecule has 0 fully saturated rings. The third kappa shape index (κ3) is 2.55. The zero-order chi connectivity index (χ0) is 18.3. The molecule has 0 amide bonds. The minimum atomic E-state index is -0.479. The summed E-state index contributed by atoms with van der Waals surface area (Å²) in [4.78, 5) is 28.0. The molecule has 0 saturated heterocycles. The zero-order valence-electron chi connectivity index (χ0n) is 14.1.